The van der Waals surface area contributed by atoms with E-state index in [2.05, 4.69) is 10.1 Å². The van der Waals surface area contributed by atoms with E-state index in [1.165, 1.54) is 30.1 Å². The van der Waals surface area contributed by atoms with Crippen molar-refractivity contribution in [3.8, 4) is 11.6 Å². The van der Waals surface area contributed by atoms with Gasteiger partial charge in [0.05, 0.1) is 18.5 Å². The SMILES string of the molecule is O=C(O)Cn1nc2c(F)cc(N3CCC(Oc4ccc(OCC5CC5)nc4)C3=O)cn2c1=O. The molecule has 0 radical (unpaired) electrons. The summed E-state index contributed by atoms with van der Waals surface area (Å²) in [5, 5.41) is 12.6. The molecule has 1 aliphatic heterocycles. The number of rotatable bonds is 8. The number of halogens is 1. The number of carbonyl (C=O) groups excluding carboxylic acids is 1. The highest BCUT2D eigenvalue weighted by atomic mass is 19.1. The van der Waals surface area contributed by atoms with Crippen LogP contribution in [0, 0.1) is 11.7 Å². The summed E-state index contributed by atoms with van der Waals surface area (Å²) in [6.07, 6.45) is 4.66. The van der Waals surface area contributed by atoms with Crippen LogP contribution in [0.1, 0.15) is 19.3 Å². The zero-order valence-electron chi connectivity index (χ0n) is 17.4. The molecule has 0 bridgehead atoms. The second-order valence-electron chi connectivity index (χ2n) is 8.05. The van der Waals surface area contributed by atoms with Crippen molar-refractivity contribution >= 4 is 23.2 Å². The van der Waals surface area contributed by atoms with Crippen molar-refractivity contribution < 1.29 is 28.6 Å². The molecule has 172 valence electrons. The van der Waals surface area contributed by atoms with Gasteiger partial charge >= 0.3 is 11.7 Å². The fraction of sp³-hybridized carbons (Fsp3) is 0.381. The second-order valence-corrected chi connectivity index (χ2v) is 8.05. The number of pyridine rings is 2. The highest BCUT2D eigenvalue weighted by Crippen LogP contribution is 2.30. The molecular formula is C21H20FN5O6. The van der Waals surface area contributed by atoms with E-state index in [0.29, 0.717) is 35.3 Å². The molecule has 5 rings (SSSR count). The lowest BCUT2D eigenvalue weighted by Gasteiger charge is -2.17. The molecule has 0 aromatic carbocycles. The molecule has 1 atom stereocenters. The number of carbonyl (C=O) groups is 2. The third-order valence-electron chi connectivity index (χ3n) is 5.52. The summed E-state index contributed by atoms with van der Waals surface area (Å²) in [5.41, 5.74) is -0.989. The first-order valence-electron chi connectivity index (χ1n) is 10.5. The van der Waals surface area contributed by atoms with E-state index in [-0.39, 0.29) is 17.9 Å². The Morgan fingerprint density at radius 3 is 2.76 bits per heavy atom. The van der Waals surface area contributed by atoms with Gasteiger partial charge in [-0.25, -0.2) is 23.3 Å². The number of aliphatic carboxylic acids is 1. The summed E-state index contributed by atoms with van der Waals surface area (Å²) in [6.45, 7) is 0.192. The number of ether oxygens (including phenoxy) is 2. The molecule has 2 fully saturated rings. The lowest BCUT2D eigenvalue weighted by Crippen LogP contribution is -2.33. The predicted octanol–water partition coefficient (Wildman–Crippen LogP) is 1.09. The number of hydrogen-bond donors (Lipinski definition) is 1. The Kier molecular flexibility index (Phi) is 5.19. The average Bonchev–Trinajstić information content (AvgIpc) is 3.48. The van der Waals surface area contributed by atoms with Crippen LogP contribution in [-0.4, -0.2) is 55.4 Å². The normalized spacial score (nSPS) is 18.2. The molecule has 1 saturated carbocycles. The molecule has 2 aliphatic rings. The number of amides is 1. The van der Waals surface area contributed by atoms with Crippen LogP contribution in [-0.2, 0) is 16.1 Å². The maximum absolute atomic E-state index is 14.6. The molecule has 3 aromatic heterocycles. The van der Waals surface area contributed by atoms with E-state index in [1.54, 1.807) is 12.1 Å². The number of aromatic nitrogens is 4. The molecule has 12 heteroatoms. The third kappa shape index (κ3) is 4.23. The van der Waals surface area contributed by atoms with Crippen molar-refractivity contribution in [2.75, 3.05) is 18.1 Å². The molecule has 33 heavy (non-hydrogen) atoms. The number of hydrogen-bond acceptors (Lipinski definition) is 7. The van der Waals surface area contributed by atoms with Crippen molar-refractivity contribution in [2.45, 2.75) is 31.9 Å². The Hall–Kier alpha value is -3.96. The van der Waals surface area contributed by atoms with Gasteiger partial charge in [-0.1, -0.05) is 0 Å². The van der Waals surface area contributed by atoms with E-state index >= 15 is 0 Å². The average molecular weight is 457 g/mol. The van der Waals surface area contributed by atoms with Crippen LogP contribution >= 0.6 is 0 Å². The Bertz CT molecular complexity index is 1280. The molecule has 1 unspecified atom stereocenters. The smallest absolute Gasteiger partial charge is 0.351 e. The van der Waals surface area contributed by atoms with Gasteiger partial charge in [0.2, 0.25) is 5.88 Å². The van der Waals surface area contributed by atoms with Gasteiger partial charge < -0.3 is 19.5 Å². The van der Waals surface area contributed by atoms with E-state index in [1.807, 2.05) is 0 Å². The first kappa shape index (κ1) is 20.9. The van der Waals surface area contributed by atoms with Crippen molar-refractivity contribution in [3.05, 3.63) is 46.9 Å². The molecule has 1 N–H and O–H groups in total. The summed E-state index contributed by atoms with van der Waals surface area (Å²) in [5.74, 6) is -1.03. The highest BCUT2D eigenvalue weighted by molar-refractivity contribution is 5.99. The lowest BCUT2D eigenvalue weighted by molar-refractivity contribution is -0.138. The highest BCUT2D eigenvalue weighted by Gasteiger charge is 2.35. The van der Waals surface area contributed by atoms with Gasteiger partial charge in [0, 0.05) is 31.3 Å². The van der Waals surface area contributed by atoms with Crippen molar-refractivity contribution in [1.82, 2.24) is 19.2 Å². The fourth-order valence-corrected chi connectivity index (χ4v) is 3.64. The van der Waals surface area contributed by atoms with Crippen LogP contribution in [0.4, 0.5) is 10.1 Å². The van der Waals surface area contributed by atoms with Gasteiger partial charge in [-0.05, 0) is 24.8 Å². The maximum atomic E-state index is 14.6. The largest absolute Gasteiger partial charge is 0.480 e. The third-order valence-corrected chi connectivity index (χ3v) is 5.52. The number of nitrogens with zero attached hydrogens (tertiary/aromatic N) is 5. The summed E-state index contributed by atoms with van der Waals surface area (Å²) in [6, 6.07) is 4.44. The number of carboxylic acid groups (broad SMARTS) is 1. The minimum absolute atomic E-state index is 0.148. The first-order chi connectivity index (χ1) is 15.9. The Morgan fingerprint density at radius 2 is 2.06 bits per heavy atom. The van der Waals surface area contributed by atoms with E-state index in [0.717, 1.165) is 10.5 Å². The monoisotopic (exact) mass is 457 g/mol. The van der Waals surface area contributed by atoms with Crippen LogP contribution in [0.15, 0.2) is 35.4 Å². The Labute approximate surface area is 186 Å². The van der Waals surface area contributed by atoms with Gasteiger partial charge in [0.25, 0.3) is 5.91 Å². The van der Waals surface area contributed by atoms with E-state index < -0.39 is 36.0 Å². The summed E-state index contributed by atoms with van der Waals surface area (Å²) in [4.78, 5) is 41.7. The summed E-state index contributed by atoms with van der Waals surface area (Å²) >= 11 is 0. The summed E-state index contributed by atoms with van der Waals surface area (Å²) < 4.78 is 27.5. The van der Waals surface area contributed by atoms with Gasteiger partial charge in [-0.2, -0.15) is 0 Å². The summed E-state index contributed by atoms with van der Waals surface area (Å²) in [7, 11) is 0. The Morgan fingerprint density at radius 1 is 1.24 bits per heavy atom. The fourth-order valence-electron chi connectivity index (χ4n) is 3.64. The topological polar surface area (TPSA) is 128 Å². The molecular weight excluding hydrogens is 437 g/mol. The molecule has 0 spiro atoms. The van der Waals surface area contributed by atoms with Crippen LogP contribution in [0.5, 0.6) is 11.6 Å². The molecule has 1 saturated heterocycles. The van der Waals surface area contributed by atoms with Gasteiger partial charge in [0.15, 0.2) is 17.6 Å². The van der Waals surface area contributed by atoms with Gasteiger partial charge in [-0.3, -0.25) is 9.59 Å². The first-order valence-corrected chi connectivity index (χ1v) is 10.5. The molecule has 1 aliphatic carbocycles. The van der Waals surface area contributed by atoms with Gasteiger partial charge in [0.1, 0.15) is 12.3 Å². The minimum Gasteiger partial charge on any atom is -0.480 e. The number of fused-ring (bicyclic) bond motifs is 1. The zero-order chi connectivity index (χ0) is 23.1. The minimum atomic E-state index is -1.28. The quantitative estimate of drug-likeness (QED) is 0.532. The van der Waals surface area contributed by atoms with E-state index in [9.17, 15) is 18.8 Å². The van der Waals surface area contributed by atoms with E-state index in [4.69, 9.17) is 14.6 Å². The number of anilines is 1. The van der Waals surface area contributed by atoms with Crippen molar-refractivity contribution in [2.24, 2.45) is 5.92 Å². The van der Waals surface area contributed by atoms with Crippen molar-refractivity contribution in [3.63, 3.8) is 0 Å². The molecule has 4 heterocycles. The van der Waals surface area contributed by atoms with Gasteiger partial charge in [-0.15, -0.1) is 5.10 Å². The maximum Gasteiger partial charge on any atom is 0.351 e. The number of carboxylic acids is 1. The Balaban J connectivity index is 1.30. The second kappa shape index (κ2) is 8.19. The van der Waals surface area contributed by atoms with Crippen LogP contribution in [0.2, 0.25) is 0 Å². The molecule has 11 nitrogen and oxygen atoms in total. The van der Waals surface area contributed by atoms with Crippen molar-refractivity contribution in [1.29, 1.82) is 0 Å². The van der Waals surface area contributed by atoms with Crippen LogP contribution < -0.4 is 20.1 Å². The zero-order valence-corrected chi connectivity index (χ0v) is 17.4. The lowest BCUT2D eigenvalue weighted by atomic mass is 10.3. The predicted molar refractivity (Wildman–Crippen MR) is 111 cm³/mol. The molecule has 1 amide bonds. The molecule has 3 aromatic rings. The van der Waals surface area contributed by atoms with Crippen LogP contribution in [0.3, 0.4) is 0 Å². The van der Waals surface area contributed by atoms with Crippen LogP contribution in [0.25, 0.3) is 5.65 Å². The standard InChI is InChI=1S/C21H20FN5O6/c22-15-7-13(9-26-19(15)24-27(21(26)31)10-18(28)29)25-6-5-16(20(25)30)33-14-3-4-17(23-8-14)32-11-12-1-2-12/h3-4,7-9,12,16H,1-2,5-6,10-11H2,(H,28,29).